The molecule has 1 aromatic rings. The van der Waals surface area contributed by atoms with Crippen molar-refractivity contribution in [1.82, 2.24) is 14.7 Å². The van der Waals surface area contributed by atoms with Crippen LogP contribution in [0.2, 0.25) is 0 Å². The Bertz CT molecular complexity index is 370. The first-order valence-electron chi connectivity index (χ1n) is 6.72. The zero-order chi connectivity index (χ0) is 13.7. The SMILES string of the molecule is CCc1nn(C)c(NCCCN(C)C(C)C)c1N. The highest BCUT2D eigenvalue weighted by Gasteiger charge is 2.11. The van der Waals surface area contributed by atoms with Gasteiger partial charge in [0.05, 0.1) is 11.4 Å². The monoisotopic (exact) mass is 253 g/mol. The lowest BCUT2D eigenvalue weighted by atomic mass is 10.3. The normalized spacial score (nSPS) is 11.5. The quantitative estimate of drug-likeness (QED) is 0.726. The fraction of sp³-hybridized carbons (Fsp3) is 0.769. The molecule has 0 fully saturated rings. The molecule has 0 spiro atoms. The Morgan fingerprint density at radius 3 is 2.61 bits per heavy atom. The highest BCUT2D eigenvalue weighted by Crippen LogP contribution is 2.21. The largest absolute Gasteiger partial charge is 0.394 e. The number of aryl methyl sites for hydroxylation is 2. The van der Waals surface area contributed by atoms with E-state index in [-0.39, 0.29) is 0 Å². The van der Waals surface area contributed by atoms with Crippen molar-refractivity contribution in [3.8, 4) is 0 Å². The molecule has 0 radical (unpaired) electrons. The third-order valence-corrected chi connectivity index (χ3v) is 3.36. The number of nitrogens with two attached hydrogens (primary N) is 1. The Kier molecular flexibility index (Phi) is 5.47. The summed E-state index contributed by atoms with van der Waals surface area (Å²) >= 11 is 0. The van der Waals surface area contributed by atoms with Gasteiger partial charge in [0.1, 0.15) is 5.82 Å². The van der Waals surface area contributed by atoms with E-state index in [0.29, 0.717) is 6.04 Å². The zero-order valence-corrected chi connectivity index (χ0v) is 12.3. The number of aromatic nitrogens is 2. The maximum absolute atomic E-state index is 6.05. The molecule has 5 nitrogen and oxygen atoms in total. The van der Waals surface area contributed by atoms with Crippen LogP contribution in [0.15, 0.2) is 0 Å². The molecule has 104 valence electrons. The second kappa shape index (κ2) is 6.64. The fourth-order valence-electron chi connectivity index (χ4n) is 1.86. The molecule has 1 aromatic heterocycles. The van der Waals surface area contributed by atoms with Crippen LogP contribution in [0.5, 0.6) is 0 Å². The maximum Gasteiger partial charge on any atom is 0.147 e. The Balaban J connectivity index is 2.42. The van der Waals surface area contributed by atoms with Crippen molar-refractivity contribution in [2.45, 2.75) is 39.7 Å². The Hall–Kier alpha value is -1.23. The Labute approximate surface area is 110 Å². The van der Waals surface area contributed by atoms with Gasteiger partial charge in [-0.25, -0.2) is 0 Å². The van der Waals surface area contributed by atoms with Gasteiger partial charge in [-0.15, -0.1) is 0 Å². The first-order chi connectivity index (χ1) is 8.47. The van der Waals surface area contributed by atoms with E-state index in [1.807, 2.05) is 11.7 Å². The smallest absolute Gasteiger partial charge is 0.147 e. The van der Waals surface area contributed by atoms with E-state index >= 15 is 0 Å². The number of nitrogen functional groups attached to an aromatic ring is 1. The third kappa shape index (κ3) is 3.63. The van der Waals surface area contributed by atoms with Crippen LogP contribution in [-0.4, -0.2) is 40.9 Å². The van der Waals surface area contributed by atoms with E-state index in [9.17, 15) is 0 Å². The molecule has 1 heterocycles. The lowest BCUT2D eigenvalue weighted by molar-refractivity contribution is 0.273. The minimum Gasteiger partial charge on any atom is -0.394 e. The Morgan fingerprint density at radius 1 is 1.44 bits per heavy atom. The molecule has 0 aliphatic carbocycles. The van der Waals surface area contributed by atoms with Crippen LogP contribution in [-0.2, 0) is 13.5 Å². The number of hydrogen-bond acceptors (Lipinski definition) is 4. The van der Waals surface area contributed by atoms with Crippen molar-refractivity contribution < 1.29 is 0 Å². The molecule has 18 heavy (non-hydrogen) atoms. The second-order valence-corrected chi connectivity index (χ2v) is 5.04. The van der Waals surface area contributed by atoms with Gasteiger partial charge in [0.25, 0.3) is 0 Å². The first kappa shape index (κ1) is 14.8. The van der Waals surface area contributed by atoms with E-state index < -0.39 is 0 Å². The molecule has 0 atom stereocenters. The van der Waals surface area contributed by atoms with E-state index in [1.165, 1.54) is 0 Å². The van der Waals surface area contributed by atoms with Gasteiger partial charge in [-0.05, 0) is 40.3 Å². The molecule has 0 aliphatic rings. The molecule has 0 saturated carbocycles. The molecule has 0 saturated heterocycles. The predicted molar refractivity (Wildman–Crippen MR) is 77.9 cm³/mol. The summed E-state index contributed by atoms with van der Waals surface area (Å²) in [4.78, 5) is 2.34. The topological polar surface area (TPSA) is 59.1 Å². The third-order valence-electron chi connectivity index (χ3n) is 3.36. The van der Waals surface area contributed by atoms with Gasteiger partial charge < -0.3 is 16.0 Å². The molecule has 3 N–H and O–H groups in total. The summed E-state index contributed by atoms with van der Waals surface area (Å²) in [5.41, 5.74) is 7.81. The highest BCUT2D eigenvalue weighted by molar-refractivity contribution is 5.64. The van der Waals surface area contributed by atoms with E-state index in [1.54, 1.807) is 0 Å². The standard InChI is InChI=1S/C13H27N5/c1-6-11-12(14)13(18(5)16-11)15-8-7-9-17(4)10(2)3/h10,15H,6-9,14H2,1-5H3. The number of anilines is 2. The summed E-state index contributed by atoms with van der Waals surface area (Å²) in [6.45, 7) is 8.49. The van der Waals surface area contributed by atoms with E-state index in [0.717, 1.165) is 43.1 Å². The van der Waals surface area contributed by atoms with Gasteiger partial charge in [0, 0.05) is 19.6 Å². The van der Waals surface area contributed by atoms with Crippen LogP contribution in [0.4, 0.5) is 11.5 Å². The van der Waals surface area contributed by atoms with Crippen LogP contribution in [0.25, 0.3) is 0 Å². The van der Waals surface area contributed by atoms with Gasteiger partial charge >= 0.3 is 0 Å². The molecular weight excluding hydrogens is 226 g/mol. The van der Waals surface area contributed by atoms with Gasteiger partial charge in [-0.1, -0.05) is 6.92 Å². The van der Waals surface area contributed by atoms with Gasteiger partial charge in [0.15, 0.2) is 0 Å². The molecular formula is C13H27N5. The minimum atomic E-state index is 0.596. The number of rotatable bonds is 7. The molecule has 5 heteroatoms. The molecule has 0 aromatic carbocycles. The second-order valence-electron chi connectivity index (χ2n) is 5.04. The van der Waals surface area contributed by atoms with Gasteiger partial charge in [-0.3, -0.25) is 4.68 Å². The van der Waals surface area contributed by atoms with Crippen molar-refractivity contribution in [1.29, 1.82) is 0 Å². The zero-order valence-electron chi connectivity index (χ0n) is 12.3. The van der Waals surface area contributed by atoms with Crippen LogP contribution >= 0.6 is 0 Å². The summed E-state index contributed by atoms with van der Waals surface area (Å²) < 4.78 is 1.83. The summed E-state index contributed by atoms with van der Waals surface area (Å²) in [6.07, 6.45) is 1.97. The van der Waals surface area contributed by atoms with E-state index in [4.69, 9.17) is 5.73 Å². The average Bonchev–Trinajstić information content (AvgIpc) is 2.60. The Morgan fingerprint density at radius 2 is 2.11 bits per heavy atom. The summed E-state index contributed by atoms with van der Waals surface area (Å²) in [5.74, 6) is 0.944. The lowest BCUT2D eigenvalue weighted by Gasteiger charge is -2.20. The van der Waals surface area contributed by atoms with Crippen molar-refractivity contribution in [3.05, 3.63) is 5.69 Å². The maximum atomic E-state index is 6.05. The molecule has 0 amide bonds. The van der Waals surface area contributed by atoms with Crippen LogP contribution in [0.1, 0.15) is 32.9 Å². The van der Waals surface area contributed by atoms with Crippen LogP contribution in [0.3, 0.4) is 0 Å². The highest BCUT2D eigenvalue weighted by atomic mass is 15.3. The summed E-state index contributed by atoms with van der Waals surface area (Å²) in [7, 11) is 4.08. The van der Waals surface area contributed by atoms with Crippen LogP contribution in [0, 0.1) is 0 Å². The molecule has 0 aliphatic heterocycles. The van der Waals surface area contributed by atoms with Gasteiger partial charge in [-0.2, -0.15) is 5.10 Å². The molecule has 1 rings (SSSR count). The fourth-order valence-corrected chi connectivity index (χ4v) is 1.86. The van der Waals surface area contributed by atoms with Crippen LogP contribution < -0.4 is 11.1 Å². The first-order valence-corrected chi connectivity index (χ1v) is 6.72. The molecule has 0 unspecified atom stereocenters. The van der Waals surface area contributed by atoms with Crippen molar-refractivity contribution in [2.24, 2.45) is 7.05 Å². The number of nitrogens with one attached hydrogen (secondary N) is 1. The molecule has 0 bridgehead atoms. The summed E-state index contributed by atoms with van der Waals surface area (Å²) in [6, 6.07) is 0.596. The van der Waals surface area contributed by atoms with Crippen molar-refractivity contribution in [2.75, 3.05) is 31.2 Å². The average molecular weight is 253 g/mol. The number of hydrogen-bond donors (Lipinski definition) is 2. The minimum absolute atomic E-state index is 0.596. The number of nitrogens with zero attached hydrogens (tertiary/aromatic N) is 3. The van der Waals surface area contributed by atoms with Crippen molar-refractivity contribution >= 4 is 11.5 Å². The van der Waals surface area contributed by atoms with Crippen molar-refractivity contribution in [3.63, 3.8) is 0 Å². The van der Waals surface area contributed by atoms with E-state index in [2.05, 4.69) is 43.1 Å². The predicted octanol–water partition coefficient (Wildman–Crippen LogP) is 1.71. The lowest BCUT2D eigenvalue weighted by Crippen LogP contribution is -2.28. The summed E-state index contributed by atoms with van der Waals surface area (Å²) in [5, 5.41) is 7.77. The van der Waals surface area contributed by atoms with Gasteiger partial charge in [0.2, 0.25) is 0 Å².